The van der Waals surface area contributed by atoms with Crippen molar-refractivity contribution < 1.29 is 9.59 Å². The lowest BCUT2D eigenvalue weighted by Crippen LogP contribution is -2.47. The van der Waals surface area contributed by atoms with Crippen LogP contribution in [0.25, 0.3) is 0 Å². The Balaban J connectivity index is 1.77. The van der Waals surface area contributed by atoms with Crippen molar-refractivity contribution in [3.05, 3.63) is 65.7 Å². The minimum absolute atomic E-state index is 0.0445. The predicted octanol–water partition coefficient (Wildman–Crippen LogP) is 3.81. The lowest BCUT2D eigenvalue weighted by atomic mass is 10.0. The van der Waals surface area contributed by atoms with Gasteiger partial charge in [-0.25, -0.2) is 0 Å². The van der Waals surface area contributed by atoms with Crippen LogP contribution in [0.4, 0.5) is 5.69 Å². The molecule has 1 aliphatic rings. The second kappa shape index (κ2) is 10.2. The van der Waals surface area contributed by atoms with Gasteiger partial charge in [0.1, 0.15) is 0 Å². The third-order valence-corrected chi connectivity index (χ3v) is 5.59. The van der Waals surface area contributed by atoms with Crippen molar-refractivity contribution in [2.45, 2.75) is 38.6 Å². The molecule has 2 aromatic rings. The molecule has 1 N–H and O–H groups in total. The average Bonchev–Trinajstić information content (AvgIpc) is 2.75. The molecule has 29 heavy (non-hydrogen) atoms. The maximum Gasteiger partial charge on any atom is 0.254 e. The van der Waals surface area contributed by atoms with E-state index in [1.165, 1.54) is 5.56 Å². The van der Waals surface area contributed by atoms with Gasteiger partial charge in [-0.3, -0.25) is 9.59 Å². The molecule has 0 spiro atoms. The molecule has 1 aliphatic heterocycles. The number of hydrogen-bond acceptors (Lipinski definition) is 3. The molecular weight excluding hydrogens is 362 g/mol. The Hall–Kier alpha value is -2.66. The second-order valence-electron chi connectivity index (χ2n) is 7.75. The number of nitrogens with zero attached hydrogens (tertiary/aromatic N) is 2. The Morgan fingerprint density at radius 1 is 1.07 bits per heavy atom. The zero-order chi connectivity index (χ0) is 20.6. The van der Waals surface area contributed by atoms with E-state index in [1.807, 2.05) is 48.2 Å². The van der Waals surface area contributed by atoms with Crippen molar-refractivity contribution >= 4 is 17.5 Å². The quantitative estimate of drug-likeness (QED) is 0.778. The van der Waals surface area contributed by atoms with Crippen molar-refractivity contribution in [1.29, 1.82) is 0 Å². The highest BCUT2D eigenvalue weighted by Crippen LogP contribution is 2.21. The molecule has 2 aromatic carbocycles. The van der Waals surface area contributed by atoms with Crippen LogP contribution in [-0.2, 0) is 11.2 Å². The van der Waals surface area contributed by atoms with E-state index in [2.05, 4.69) is 29.4 Å². The SMILES string of the molecule is CCC(=O)Nc1cccc(C(=O)N(CCc2ccccc2)C2CCN(C)CC2)c1. The number of benzene rings is 2. The minimum Gasteiger partial charge on any atom is -0.335 e. The molecule has 3 rings (SSSR count). The summed E-state index contributed by atoms with van der Waals surface area (Å²) in [5.41, 5.74) is 2.54. The van der Waals surface area contributed by atoms with Crippen LogP contribution in [0.3, 0.4) is 0 Å². The first kappa shape index (κ1) is 21.1. The number of anilines is 1. The van der Waals surface area contributed by atoms with Crippen LogP contribution in [0.5, 0.6) is 0 Å². The number of likely N-dealkylation sites (tertiary alicyclic amines) is 1. The highest BCUT2D eigenvalue weighted by atomic mass is 16.2. The van der Waals surface area contributed by atoms with Gasteiger partial charge in [-0.05, 0) is 63.2 Å². The van der Waals surface area contributed by atoms with Gasteiger partial charge < -0.3 is 15.1 Å². The molecule has 5 nitrogen and oxygen atoms in total. The molecule has 1 heterocycles. The summed E-state index contributed by atoms with van der Waals surface area (Å²) in [5, 5.41) is 2.85. The van der Waals surface area contributed by atoms with Gasteiger partial charge >= 0.3 is 0 Å². The molecule has 0 saturated carbocycles. The first-order valence-corrected chi connectivity index (χ1v) is 10.5. The summed E-state index contributed by atoms with van der Waals surface area (Å²) in [6, 6.07) is 17.9. The fraction of sp³-hybridized carbons (Fsp3) is 0.417. The summed E-state index contributed by atoms with van der Waals surface area (Å²) < 4.78 is 0. The first-order valence-electron chi connectivity index (χ1n) is 10.5. The number of piperidine rings is 1. The van der Waals surface area contributed by atoms with Gasteiger partial charge in [0.15, 0.2) is 0 Å². The Bertz CT molecular complexity index is 814. The van der Waals surface area contributed by atoms with E-state index in [-0.39, 0.29) is 17.9 Å². The Labute approximate surface area is 173 Å². The van der Waals surface area contributed by atoms with Crippen molar-refractivity contribution in [1.82, 2.24) is 9.80 Å². The van der Waals surface area contributed by atoms with Gasteiger partial charge in [0.25, 0.3) is 5.91 Å². The summed E-state index contributed by atoms with van der Waals surface area (Å²) in [6.07, 6.45) is 3.23. The van der Waals surface area contributed by atoms with Crippen LogP contribution < -0.4 is 5.32 Å². The molecule has 0 unspecified atom stereocenters. The third-order valence-electron chi connectivity index (χ3n) is 5.59. The van der Waals surface area contributed by atoms with Crippen LogP contribution >= 0.6 is 0 Å². The topological polar surface area (TPSA) is 52.7 Å². The van der Waals surface area contributed by atoms with Gasteiger partial charge in [-0.15, -0.1) is 0 Å². The molecule has 2 amide bonds. The van der Waals surface area contributed by atoms with E-state index in [1.54, 1.807) is 6.07 Å². The average molecular weight is 394 g/mol. The standard InChI is InChI=1S/C24H31N3O2/c1-3-23(28)25-21-11-7-10-20(18-21)24(29)27(22-13-15-26(2)16-14-22)17-12-19-8-5-4-6-9-19/h4-11,18,22H,3,12-17H2,1-2H3,(H,25,28). The third kappa shape index (κ3) is 5.91. The van der Waals surface area contributed by atoms with Crippen LogP contribution in [0.2, 0.25) is 0 Å². The fourth-order valence-corrected chi connectivity index (χ4v) is 3.80. The highest BCUT2D eigenvalue weighted by Gasteiger charge is 2.27. The van der Waals surface area contributed by atoms with Crippen LogP contribution in [0.15, 0.2) is 54.6 Å². The normalized spacial score (nSPS) is 15.1. The molecular formula is C24H31N3O2. The zero-order valence-corrected chi connectivity index (χ0v) is 17.4. The Morgan fingerprint density at radius 3 is 2.48 bits per heavy atom. The highest BCUT2D eigenvalue weighted by molar-refractivity contribution is 5.97. The molecule has 0 aromatic heterocycles. The lowest BCUT2D eigenvalue weighted by Gasteiger charge is -2.37. The molecule has 1 saturated heterocycles. The van der Waals surface area contributed by atoms with Gasteiger partial charge in [0, 0.05) is 30.3 Å². The Morgan fingerprint density at radius 2 is 1.79 bits per heavy atom. The van der Waals surface area contributed by atoms with E-state index in [0.717, 1.165) is 32.4 Å². The monoisotopic (exact) mass is 393 g/mol. The van der Waals surface area contributed by atoms with Crippen LogP contribution in [0.1, 0.15) is 42.1 Å². The smallest absolute Gasteiger partial charge is 0.254 e. The molecule has 0 aliphatic carbocycles. The van der Waals surface area contributed by atoms with Crippen LogP contribution in [0, 0.1) is 0 Å². The van der Waals surface area contributed by atoms with E-state index >= 15 is 0 Å². The maximum absolute atomic E-state index is 13.5. The van der Waals surface area contributed by atoms with E-state index in [9.17, 15) is 9.59 Å². The fourth-order valence-electron chi connectivity index (χ4n) is 3.80. The molecule has 0 bridgehead atoms. The van der Waals surface area contributed by atoms with Crippen LogP contribution in [-0.4, -0.2) is 54.3 Å². The molecule has 5 heteroatoms. The van der Waals surface area contributed by atoms with Crippen molar-refractivity contribution in [3.8, 4) is 0 Å². The predicted molar refractivity (Wildman–Crippen MR) is 117 cm³/mol. The molecule has 0 atom stereocenters. The van der Waals surface area contributed by atoms with Gasteiger partial charge in [0.2, 0.25) is 5.91 Å². The summed E-state index contributed by atoms with van der Waals surface area (Å²) in [6.45, 7) is 4.53. The second-order valence-corrected chi connectivity index (χ2v) is 7.75. The summed E-state index contributed by atoms with van der Waals surface area (Å²) in [4.78, 5) is 29.5. The van der Waals surface area contributed by atoms with Crippen molar-refractivity contribution in [3.63, 3.8) is 0 Å². The lowest BCUT2D eigenvalue weighted by molar-refractivity contribution is -0.115. The van der Waals surface area contributed by atoms with E-state index in [0.29, 0.717) is 24.2 Å². The summed E-state index contributed by atoms with van der Waals surface area (Å²) >= 11 is 0. The molecule has 1 fully saturated rings. The number of amides is 2. The minimum atomic E-state index is -0.0501. The van der Waals surface area contributed by atoms with Crippen molar-refractivity contribution in [2.24, 2.45) is 0 Å². The number of nitrogens with one attached hydrogen (secondary N) is 1. The number of hydrogen-bond donors (Lipinski definition) is 1. The molecule has 154 valence electrons. The largest absolute Gasteiger partial charge is 0.335 e. The van der Waals surface area contributed by atoms with E-state index in [4.69, 9.17) is 0 Å². The van der Waals surface area contributed by atoms with Gasteiger partial charge in [-0.2, -0.15) is 0 Å². The number of rotatable bonds is 7. The maximum atomic E-state index is 13.5. The van der Waals surface area contributed by atoms with Crippen molar-refractivity contribution in [2.75, 3.05) is 32.0 Å². The first-order chi connectivity index (χ1) is 14.1. The summed E-state index contributed by atoms with van der Waals surface area (Å²) in [5.74, 6) is -0.00562. The van der Waals surface area contributed by atoms with Gasteiger partial charge in [-0.1, -0.05) is 43.3 Å². The van der Waals surface area contributed by atoms with E-state index < -0.39 is 0 Å². The Kier molecular flexibility index (Phi) is 7.42. The number of carbonyl (C=O) groups is 2. The van der Waals surface area contributed by atoms with Gasteiger partial charge in [0.05, 0.1) is 0 Å². The molecule has 0 radical (unpaired) electrons. The summed E-state index contributed by atoms with van der Waals surface area (Å²) in [7, 11) is 2.13. The zero-order valence-electron chi connectivity index (χ0n) is 17.4. The number of carbonyl (C=O) groups excluding carboxylic acids is 2.